The Morgan fingerprint density at radius 2 is 1.77 bits per heavy atom. The summed E-state index contributed by atoms with van der Waals surface area (Å²) in [6, 6.07) is 7.18. The molecule has 3 rings (SSSR count). The summed E-state index contributed by atoms with van der Waals surface area (Å²) in [6.45, 7) is 0. The minimum absolute atomic E-state index is 0.601. The first-order valence-corrected chi connectivity index (χ1v) is 6.56. The molecule has 7 heteroatoms. The maximum atomic E-state index is 5.63. The van der Waals surface area contributed by atoms with Crippen LogP contribution in [0.1, 0.15) is 0 Å². The van der Waals surface area contributed by atoms with Crippen LogP contribution in [0.2, 0.25) is 0 Å². The number of hydrogen-bond donors (Lipinski definition) is 2. The molecule has 22 heavy (non-hydrogen) atoms. The van der Waals surface area contributed by atoms with Gasteiger partial charge in [0, 0.05) is 11.5 Å². The molecule has 1 aromatic carbocycles. The van der Waals surface area contributed by atoms with Crippen LogP contribution in [-0.4, -0.2) is 29.2 Å². The van der Waals surface area contributed by atoms with Gasteiger partial charge < -0.3 is 20.5 Å². The SMILES string of the molecule is COc1cc2ncnc(Nc3ccc(N)cn3)c2cc1OC. The fourth-order valence-electron chi connectivity index (χ4n) is 2.08. The number of nitrogens with one attached hydrogen (secondary N) is 1. The molecule has 7 nitrogen and oxygen atoms in total. The van der Waals surface area contributed by atoms with Crippen LogP contribution < -0.4 is 20.5 Å². The minimum atomic E-state index is 0.601. The Hall–Kier alpha value is -3.09. The number of benzene rings is 1. The lowest BCUT2D eigenvalue weighted by atomic mass is 10.2. The van der Waals surface area contributed by atoms with Crippen LogP contribution in [0.5, 0.6) is 11.5 Å². The highest BCUT2D eigenvalue weighted by Gasteiger charge is 2.11. The molecule has 0 radical (unpaired) electrons. The summed E-state index contributed by atoms with van der Waals surface area (Å²) in [5.74, 6) is 2.50. The van der Waals surface area contributed by atoms with Crippen molar-refractivity contribution in [3.63, 3.8) is 0 Å². The molecule has 0 saturated heterocycles. The van der Waals surface area contributed by atoms with Crippen LogP contribution >= 0.6 is 0 Å². The van der Waals surface area contributed by atoms with Crippen molar-refractivity contribution in [2.45, 2.75) is 0 Å². The summed E-state index contributed by atoms with van der Waals surface area (Å²) in [6.07, 6.45) is 3.06. The molecule has 2 aromatic heterocycles. The predicted molar refractivity (Wildman–Crippen MR) is 84.6 cm³/mol. The molecular formula is C15H15N5O2. The third-order valence-electron chi connectivity index (χ3n) is 3.17. The fourth-order valence-corrected chi connectivity index (χ4v) is 2.08. The highest BCUT2D eigenvalue weighted by Crippen LogP contribution is 2.34. The van der Waals surface area contributed by atoms with E-state index in [0.717, 1.165) is 10.9 Å². The van der Waals surface area contributed by atoms with Crippen LogP contribution in [0.4, 0.5) is 17.3 Å². The van der Waals surface area contributed by atoms with Gasteiger partial charge in [0.05, 0.1) is 31.6 Å². The van der Waals surface area contributed by atoms with E-state index in [1.807, 2.05) is 6.07 Å². The maximum absolute atomic E-state index is 5.63. The summed E-state index contributed by atoms with van der Waals surface area (Å²) in [5.41, 5.74) is 6.98. The van der Waals surface area contributed by atoms with Gasteiger partial charge in [0.15, 0.2) is 11.5 Å². The number of hydrogen-bond acceptors (Lipinski definition) is 7. The molecular weight excluding hydrogens is 282 g/mol. The zero-order valence-corrected chi connectivity index (χ0v) is 12.2. The van der Waals surface area contributed by atoms with Gasteiger partial charge in [0.1, 0.15) is 18.0 Å². The third-order valence-corrected chi connectivity index (χ3v) is 3.17. The van der Waals surface area contributed by atoms with Crippen LogP contribution in [-0.2, 0) is 0 Å². The highest BCUT2D eigenvalue weighted by molar-refractivity contribution is 5.92. The second-order valence-corrected chi connectivity index (χ2v) is 4.55. The highest BCUT2D eigenvalue weighted by atomic mass is 16.5. The number of nitrogens with two attached hydrogens (primary N) is 1. The smallest absolute Gasteiger partial charge is 0.162 e. The second-order valence-electron chi connectivity index (χ2n) is 4.55. The Labute approximate surface area is 127 Å². The van der Waals surface area contributed by atoms with Crippen LogP contribution in [0.15, 0.2) is 36.8 Å². The lowest BCUT2D eigenvalue weighted by Gasteiger charge is -2.11. The van der Waals surface area contributed by atoms with Gasteiger partial charge in [-0.05, 0) is 18.2 Å². The van der Waals surface area contributed by atoms with Crippen LogP contribution in [0.3, 0.4) is 0 Å². The van der Waals surface area contributed by atoms with Crippen molar-refractivity contribution < 1.29 is 9.47 Å². The van der Waals surface area contributed by atoms with Crippen molar-refractivity contribution in [3.05, 3.63) is 36.8 Å². The van der Waals surface area contributed by atoms with E-state index in [1.54, 1.807) is 38.6 Å². The maximum Gasteiger partial charge on any atom is 0.162 e. The summed E-state index contributed by atoms with van der Waals surface area (Å²) in [4.78, 5) is 12.7. The van der Waals surface area contributed by atoms with E-state index in [0.29, 0.717) is 28.8 Å². The van der Waals surface area contributed by atoms with Crippen molar-refractivity contribution >= 4 is 28.2 Å². The monoisotopic (exact) mass is 297 g/mol. The van der Waals surface area contributed by atoms with Crippen molar-refractivity contribution in [2.24, 2.45) is 0 Å². The Morgan fingerprint density at radius 1 is 1.00 bits per heavy atom. The van der Waals surface area contributed by atoms with Crippen molar-refractivity contribution in [2.75, 3.05) is 25.3 Å². The molecule has 0 aliphatic rings. The lowest BCUT2D eigenvalue weighted by molar-refractivity contribution is 0.356. The second kappa shape index (κ2) is 5.72. The van der Waals surface area contributed by atoms with E-state index in [9.17, 15) is 0 Å². The fraction of sp³-hybridized carbons (Fsp3) is 0.133. The summed E-state index contributed by atoms with van der Waals surface area (Å²) < 4.78 is 10.6. The number of nitrogens with zero attached hydrogens (tertiary/aromatic N) is 3. The van der Waals surface area contributed by atoms with Crippen molar-refractivity contribution in [1.29, 1.82) is 0 Å². The molecule has 3 aromatic rings. The molecule has 0 spiro atoms. The van der Waals surface area contributed by atoms with Gasteiger partial charge in [-0.1, -0.05) is 0 Å². The Balaban J connectivity index is 2.07. The van der Waals surface area contributed by atoms with Crippen LogP contribution in [0, 0.1) is 0 Å². The molecule has 3 N–H and O–H groups in total. The van der Waals surface area contributed by atoms with Gasteiger partial charge in [-0.3, -0.25) is 0 Å². The van der Waals surface area contributed by atoms with Gasteiger partial charge in [-0.15, -0.1) is 0 Å². The van der Waals surface area contributed by atoms with E-state index in [1.165, 1.54) is 6.33 Å². The molecule has 0 amide bonds. The Morgan fingerprint density at radius 3 is 2.45 bits per heavy atom. The standard InChI is InChI=1S/C15H15N5O2/c1-21-12-5-10-11(6-13(12)22-2)18-8-19-15(10)20-14-4-3-9(16)7-17-14/h3-8H,16H2,1-2H3,(H,17,18,19,20). The quantitative estimate of drug-likeness (QED) is 0.763. The number of pyridine rings is 1. The van der Waals surface area contributed by atoms with E-state index >= 15 is 0 Å². The van der Waals surface area contributed by atoms with Gasteiger partial charge >= 0.3 is 0 Å². The zero-order chi connectivity index (χ0) is 15.5. The number of nitrogen functional groups attached to an aromatic ring is 1. The average molecular weight is 297 g/mol. The third kappa shape index (κ3) is 2.56. The summed E-state index contributed by atoms with van der Waals surface area (Å²) in [5, 5.41) is 3.95. The molecule has 0 fully saturated rings. The van der Waals surface area contributed by atoms with E-state index in [4.69, 9.17) is 15.2 Å². The number of aromatic nitrogens is 3. The normalized spacial score (nSPS) is 10.5. The number of rotatable bonds is 4. The van der Waals surface area contributed by atoms with Crippen molar-refractivity contribution in [1.82, 2.24) is 15.0 Å². The molecule has 0 aliphatic heterocycles. The topological polar surface area (TPSA) is 95.2 Å². The van der Waals surface area contributed by atoms with Crippen LogP contribution in [0.25, 0.3) is 10.9 Å². The van der Waals surface area contributed by atoms with E-state index < -0.39 is 0 Å². The number of methoxy groups -OCH3 is 2. The van der Waals surface area contributed by atoms with Gasteiger partial charge in [0.25, 0.3) is 0 Å². The average Bonchev–Trinajstić information content (AvgIpc) is 2.56. The molecule has 0 unspecified atom stereocenters. The number of anilines is 3. The first-order chi connectivity index (χ1) is 10.7. The number of fused-ring (bicyclic) bond motifs is 1. The van der Waals surface area contributed by atoms with E-state index in [2.05, 4.69) is 20.3 Å². The predicted octanol–water partition coefficient (Wildman–Crippen LogP) is 2.37. The molecule has 0 bridgehead atoms. The molecule has 0 aliphatic carbocycles. The largest absolute Gasteiger partial charge is 0.493 e. The van der Waals surface area contributed by atoms with Crippen molar-refractivity contribution in [3.8, 4) is 11.5 Å². The zero-order valence-electron chi connectivity index (χ0n) is 12.2. The Kier molecular flexibility index (Phi) is 3.61. The minimum Gasteiger partial charge on any atom is -0.493 e. The van der Waals surface area contributed by atoms with Gasteiger partial charge in [0.2, 0.25) is 0 Å². The Bertz CT molecular complexity index is 805. The van der Waals surface area contributed by atoms with E-state index in [-0.39, 0.29) is 0 Å². The first kappa shape index (κ1) is 13.9. The molecule has 0 saturated carbocycles. The van der Waals surface area contributed by atoms with Gasteiger partial charge in [-0.25, -0.2) is 15.0 Å². The summed E-state index contributed by atoms with van der Waals surface area (Å²) in [7, 11) is 3.17. The molecule has 2 heterocycles. The first-order valence-electron chi connectivity index (χ1n) is 6.56. The van der Waals surface area contributed by atoms with Gasteiger partial charge in [-0.2, -0.15) is 0 Å². The molecule has 0 atom stereocenters. The lowest BCUT2D eigenvalue weighted by Crippen LogP contribution is -1.99. The number of ether oxygens (including phenoxy) is 2. The molecule has 112 valence electrons. The summed E-state index contributed by atoms with van der Waals surface area (Å²) >= 11 is 0.